The third-order valence-electron chi connectivity index (χ3n) is 3.57. The van der Waals surface area contributed by atoms with Gasteiger partial charge in [-0.05, 0) is 24.3 Å². The highest BCUT2D eigenvalue weighted by Crippen LogP contribution is 2.37. The maximum Gasteiger partial charge on any atom is 0.280 e. The number of carbonyl (C=O) groups is 1. The number of nitrogens with zero attached hydrogens (tertiary/aromatic N) is 3. The zero-order chi connectivity index (χ0) is 15.1. The molecule has 3 aromatic rings. The lowest BCUT2D eigenvalue weighted by atomic mass is 10.0. The van der Waals surface area contributed by atoms with Crippen LogP contribution in [0.25, 0.3) is 11.3 Å². The number of amides is 1. The lowest BCUT2D eigenvalue weighted by Crippen LogP contribution is -1.99. The first kappa shape index (κ1) is 12.5. The molecule has 22 heavy (non-hydrogen) atoms. The molecule has 6 heteroatoms. The van der Waals surface area contributed by atoms with Crippen LogP contribution in [0.4, 0.5) is 0 Å². The highest BCUT2D eigenvalue weighted by Gasteiger charge is 2.33. The molecule has 0 spiro atoms. The Balaban J connectivity index is 1.92. The maximum atomic E-state index is 12.3. The molecule has 0 unspecified atom stereocenters. The predicted molar refractivity (Wildman–Crippen MR) is 79.9 cm³/mol. The number of nitrogens with one attached hydrogen (secondary N) is 1. The largest absolute Gasteiger partial charge is 0.494 e. The van der Waals surface area contributed by atoms with E-state index in [1.54, 1.807) is 49.1 Å². The van der Waals surface area contributed by atoms with Crippen molar-refractivity contribution in [2.45, 2.75) is 0 Å². The number of H-pyrrole nitrogens is 1. The van der Waals surface area contributed by atoms with Crippen LogP contribution in [0.15, 0.2) is 54.0 Å². The van der Waals surface area contributed by atoms with E-state index in [0.717, 1.165) is 11.1 Å². The number of fused-ring (bicyclic) bond motifs is 1. The van der Waals surface area contributed by atoms with Crippen molar-refractivity contribution in [1.29, 1.82) is 0 Å². The molecule has 0 saturated heterocycles. The number of aromatic nitrogens is 3. The van der Waals surface area contributed by atoms with Crippen molar-refractivity contribution in [2.75, 3.05) is 0 Å². The van der Waals surface area contributed by atoms with Gasteiger partial charge in [-0.2, -0.15) is 0 Å². The fourth-order valence-electron chi connectivity index (χ4n) is 2.60. The minimum Gasteiger partial charge on any atom is -0.494 e. The van der Waals surface area contributed by atoms with Crippen LogP contribution in [-0.4, -0.2) is 31.7 Å². The van der Waals surface area contributed by atoms with Gasteiger partial charge < -0.3 is 10.1 Å². The van der Waals surface area contributed by atoms with Crippen LogP contribution in [0.5, 0.6) is 5.88 Å². The topological polar surface area (TPSA) is 91.2 Å². The quantitative estimate of drug-likeness (QED) is 0.756. The molecule has 0 fully saturated rings. The van der Waals surface area contributed by atoms with E-state index in [0.29, 0.717) is 22.5 Å². The molecule has 1 aliphatic heterocycles. The number of hydrogen-bond acceptors (Lipinski definition) is 4. The normalized spacial score (nSPS) is 13.1. The molecule has 1 amide bonds. The van der Waals surface area contributed by atoms with Gasteiger partial charge in [-0.25, -0.2) is 4.99 Å². The van der Waals surface area contributed by atoms with Gasteiger partial charge in [0, 0.05) is 35.9 Å². The van der Waals surface area contributed by atoms with Crippen molar-refractivity contribution in [2.24, 2.45) is 4.99 Å². The Hall–Kier alpha value is -3.28. The summed E-state index contributed by atoms with van der Waals surface area (Å²) in [5.41, 5.74) is 3.33. The Kier molecular flexibility index (Phi) is 2.62. The van der Waals surface area contributed by atoms with E-state index in [4.69, 9.17) is 0 Å². The zero-order valence-corrected chi connectivity index (χ0v) is 11.3. The first-order valence-corrected chi connectivity index (χ1v) is 6.65. The highest BCUT2D eigenvalue weighted by atomic mass is 16.3. The molecule has 0 atom stereocenters. The van der Waals surface area contributed by atoms with Crippen LogP contribution in [0.3, 0.4) is 0 Å². The van der Waals surface area contributed by atoms with Gasteiger partial charge in [-0.3, -0.25) is 14.8 Å². The second-order valence-corrected chi connectivity index (χ2v) is 4.84. The van der Waals surface area contributed by atoms with Gasteiger partial charge in [-0.15, -0.1) is 0 Å². The van der Waals surface area contributed by atoms with Crippen LogP contribution >= 0.6 is 0 Å². The van der Waals surface area contributed by atoms with Crippen LogP contribution in [0, 0.1) is 0 Å². The third-order valence-corrected chi connectivity index (χ3v) is 3.57. The van der Waals surface area contributed by atoms with Crippen molar-refractivity contribution in [3.63, 3.8) is 0 Å². The Labute approximate surface area is 125 Å². The molecule has 6 nitrogen and oxygen atoms in total. The SMILES string of the molecule is O=C1N=C(c2ccncc2)c2c(O)[nH]c(-c3ccncc3)c21. The van der Waals surface area contributed by atoms with Crippen LogP contribution in [0.1, 0.15) is 21.5 Å². The summed E-state index contributed by atoms with van der Waals surface area (Å²) >= 11 is 0. The zero-order valence-electron chi connectivity index (χ0n) is 11.3. The fourth-order valence-corrected chi connectivity index (χ4v) is 2.60. The van der Waals surface area contributed by atoms with E-state index in [1.807, 2.05) is 0 Å². The molecular formula is C16H10N4O2. The Morgan fingerprint density at radius 1 is 0.864 bits per heavy atom. The molecule has 0 aromatic carbocycles. The van der Waals surface area contributed by atoms with Gasteiger partial charge in [0.15, 0.2) is 5.88 Å². The molecule has 3 aromatic heterocycles. The monoisotopic (exact) mass is 290 g/mol. The number of rotatable bonds is 2. The van der Waals surface area contributed by atoms with Crippen molar-refractivity contribution in [3.8, 4) is 17.1 Å². The molecule has 106 valence electrons. The summed E-state index contributed by atoms with van der Waals surface area (Å²) in [6, 6.07) is 7.03. The second kappa shape index (κ2) is 4.63. The molecular weight excluding hydrogens is 280 g/mol. The lowest BCUT2D eigenvalue weighted by Gasteiger charge is -1.99. The standard InChI is InChI=1S/C16H10N4O2/c21-15-11-12(14(20-15)10-3-7-18-8-4-10)16(22)19-13(11)9-1-5-17-6-2-9/h1-8,19,22H. The molecule has 0 saturated carbocycles. The van der Waals surface area contributed by atoms with Gasteiger partial charge in [0.25, 0.3) is 5.91 Å². The molecule has 0 radical (unpaired) electrons. The fraction of sp³-hybridized carbons (Fsp3) is 0. The molecule has 4 heterocycles. The van der Waals surface area contributed by atoms with E-state index < -0.39 is 0 Å². The van der Waals surface area contributed by atoms with Crippen LogP contribution in [0.2, 0.25) is 0 Å². The summed E-state index contributed by atoms with van der Waals surface area (Å²) in [5.74, 6) is -0.437. The molecule has 0 aliphatic carbocycles. The number of carbonyl (C=O) groups excluding carboxylic acids is 1. The van der Waals surface area contributed by atoms with E-state index in [2.05, 4.69) is 19.9 Å². The summed E-state index contributed by atoms with van der Waals surface area (Å²) in [7, 11) is 0. The van der Waals surface area contributed by atoms with E-state index in [1.165, 1.54) is 0 Å². The number of hydrogen-bond donors (Lipinski definition) is 2. The number of aromatic amines is 1. The number of aliphatic imine (C=N–C) groups is 1. The lowest BCUT2D eigenvalue weighted by molar-refractivity contribution is 0.101. The van der Waals surface area contributed by atoms with E-state index in [-0.39, 0.29) is 11.8 Å². The molecule has 0 bridgehead atoms. The minimum absolute atomic E-state index is 0.0665. The predicted octanol–water partition coefficient (Wildman–Crippen LogP) is 2.17. The van der Waals surface area contributed by atoms with Gasteiger partial charge in [0.05, 0.1) is 22.5 Å². The van der Waals surface area contributed by atoms with E-state index in [9.17, 15) is 9.90 Å². The first-order valence-electron chi connectivity index (χ1n) is 6.65. The summed E-state index contributed by atoms with van der Waals surface area (Å²) in [6.45, 7) is 0. The van der Waals surface area contributed by atoms with Crippen molar-refractivity contribution >= 4 is 11.6 Å². The summed E-state index contributed by atoms with van der Waals surface area (Å²) < 4.78 is 0. The van der Waals surface area contributed by atoms with Crippen molar-refractivity contribution < 1.29 is 9.90 Å². The number of aromatic hydroxyl groups is 1. The molecule has 2 N–H and O–H groups in total. The van der Waals surface area contributed by atoms with Gasteiger partial charge in [-0.1, -0.05) is 0 Å². The summed E-state index contributed by atoms with van der Waals surface area (Å²) in [6.07, 6.45) is 6.49. The number of pyridine rings is 2. The minimum atomic E-state index is -0.370. The van der Waals surface area contributed by atoms with Crippen molar-refractivity contribution in [1.82, 2.24) is 15.0 Å². The van der Waals surface area contributed by atoms with Gasteiger partial charge >= 0.3 is 0 Å². The molecule has 4 rings (SSSR count). The van der Waals surface area contributed by atoms with Gasteiger partial charge in [0.2, 0.25) is 0 Å². The van der Waals surface area contributed by atoms with Crippen molar-refractivity contribution in [3.05, 3.63) is 65.7 Å². The summed E-state index contributed by atoms with van der Waals surface area (Å²) in [5, 5.41) is 10.2. The third kappa shape index (κ3) is 1.74. The second-order valence-electron chi connectivity index (χ2n) is 4.84. The van der Waals surface area contributed by atoms with Crippen LogP contribution in [-0.2, 0) is 0 Å². The Morgan fingerprint density at radius 2 is 1.45 bits per heavy atom. The highest BCUT2D eigenvalue weighted by molar-refractivity contribution is 6.30. The first-order chi connectivity index (χ1) is 10.8. The van der Waals surface area contributed by atoms with Gasteiger partial charge in [0.1, 0.15) is 0 Å². The van der Waals surface area contributed by atoms with Crippen LogP contribution < -0.4 is 0 Å². The average Bonchev–Trinajstić information content (AvgIpc) is 3.09. The average molecular weight is 290 g/mol. The maximum absolute atomic E-state index is 12.3. The summed E-state index contributed by atoms with van der Waals surface area (Å²) in [4.78, 5) is 27.2. The Bertz CT molecular complexity index is 899. The Morgan fingerprint density at radius 3 is 2.09 bits per heavy atom. The molecule has 1 aliphatic rings. The van der Waals surface area contributed by atoms with E-state index >= 15 is 0 Å². The smallest absolute Gasteiger partial charge is 0.280 e.